The van der Waals surface area contributed by atoms with E-state index in [1.54, 1.807) is 0 Å². The highest BCUT2D eigenvalue weighted by Crippen LogP contribution is 2.13. The zero-order chi connectivity index (χ0) is 18.1. The van der Waals surface area contributed by atoms with Gasteiger partial charge in [-0.1, -0.05) is 136 Å². The summed E-state index contributed by atoms with van der Waals surface area (Å²) in [7, 11) is 0. The number of rotatable bonds is 18. The number of halogens is 1. The molecule has 1 heteroatoms. The number of hydrogen-bond acceptors (Lipinski definition) is 0. The third-order valence-electron chi connectivity index (χ3n) is 4.69. The van der Waals surface area contributed by atoms with Crippen LogP contribution in [0.5, 0.6) is 0 Å². The fourth-order valence-corrected chi connectivity index (χ4v) is 3.15. The van der Waals surface area contributed by atoms with Gasteiger partial charge in [0, 0.05) is 5.88 Å². The van der Waals surface area contributed by atoms with Gasteiger partial charge in [-0.25, -0.2) is 0 Å². The van der Waals surface area contributed by atoms with Gasteiger partial charge in [0.05, 0.1) is 0 Å². The van der Waals surface area contributed by atoms with Gasteiger partial charge in [0.2, 0.25) is 0 Å². The van der Waals surface area contributed by atoms with Crippen molar-refractivity contribution in [1.82, 2.24) is 0 Å². The van der Waals surface area contributed by atoms with Crippen LogP contribution in [0.2, 0.25) is 0 Å². The summed E-state index contributed by atoms with van der Waals surface area (Å²) in [4.78, 5) is 0. The Bertz CT molecular complexity index is 159. The molecule has 0 saturated carbocycles. The van der Waals surface area contributed by atoms with Crippen molar-refractivity contribution in [3.63, 3.8) is 0 Å². The molecule has 0 spiro atoms. The molecule has 0 amide bonds. The van der Waals surface area contributed by atoms with Crippen LogP contribution in [0.25, 0.3) is 0 Å². The molecule has 0 aromatic carbocycles. The normalized spacial score (nSPS) is 10.5. The number of hydrogen-bond donors (Lipinski definition) is 0. The Morgan fingerprint density at radius 1 is 0.333 bits per heavy atom. The fourth-order valence-electron chi connectivity index (χ4n) is 2.97. The predicted molar refractivity (Wildman–Crippen MR) is 115 cm³/mol. The monoisotopic (exact) mass is 360 g/mol. The molecular weight excluding hydrogens is 312 g/mol. The molecule has 0 rings (SSSR count). The summed E-state index contributed by atoms with van der Waals surface area (Å²) in [5, 5.41) is 0. The lowest BCUT2D eigenvalue weighted by Gasteiger charge is -2.03. The van der Waals surface area contributed by atoms with E-state index in [1.165, 1.54) is 122 Å². The van der Waals surface area contributed by atoms with Crippen molar-refractivity contribution in [1.29, 1.82) is 0 Å². The molecule has 0 aliphatic rings. The summed E-state index contributed by atoms with van der Waals surface area (Å²) >= 11 is 5.38. The molecule has 0 aromatic rings. The largest absolute Gasteiger partial charge is 0.127 e. The lowest BCUT2D eigenvalue weighted by Crippen LogP contribution is -1.83. The van der Waals surface area contributed by atoms with Crippen LogP contribution in [0.15, 0.2) is 0 Å². The molecule has 148 valence electrons. The zero-order valence-corrected chi connectivity index (χ0v) is 18.3. The van der Waals surface area contributed by atoms with Crippen LogP contribution < -0.4 is 0 Å². The predicted octanol–water partition coefficient (Wildman–Crippen LogP) is 9.68. The van der Waals surface area contributed by atoms with E-state index in [1.807, 2.05) is 0 Å². The average molecular weight is 361 g/mol. The standard InChI is InChI=1S/C18H38.C5H11Cl/c1-3-5-7-9-11-13-15-17-18-16-14-12-10-8-6-4-2;1-2-3-4-5-6/h3-18H2,1-2H3;2-5H2,1H3. The molecule has 0 saturated heterocycles. The molecule has 0 aliphatic heterocycles. The Kier molecular flexibility index (Phi) is 31.1. The molecule has 0 aliphatic carbocycles. The molecule has 0 radical (unpaired) electrons. The number of alkyl halides is 1. The van der Waals surface area contributed by atoms with Gasteiger partial charge in [-0.2, -0.15) is 0 Å². The van der Waals surface area contributed by atoms with Crippen LogP contribution in [-0.4, -0.2) is 5.88 Å². The van der Waals surface area contributed by atoms with Gasteiger partial charge in [-0.15, -0.1) is 11.6 Å². The minimum Gasteiger partial charge on any atom is -0.127 e. The number of unbranched alkanes of at least 4 members (excludes halogenated alkanes) is 17. The first-order chi connectivity index (χ1) is 11.8. The Morgan fingerprint density at radius 2 is 0.542 bits per heavy atom. The summed E-state index contributed by atoms with van der Waals surface area (Å²) in [5.41, 5.74) is 0. The SMILES string of the molecule is CCCCCCCCCCCCCCCCCC.CCCCCCl. The first-order valence-electron chi connectivity index (χ1n) is 11.4. The Labute approximate surface area is 160 Å². The van der Waals surface area contributed by atoms with Crippen molar-refractivity contribution in [2.45, 2.75) is 143 Å². The maximum absolute atomic E-state index is 5.38. The summed E-state index contributed by atoms with van der Waals surface area (Å²) in [5.74, 6) is 0.827. The fraction of sp³-hybridized carbons (Fsp3) is 1.00. The third kappa shape index (κ3) is 30.2. The van der Waals surface area contributed by atoms with Crippen LogP contribution >= 0.6 is 11.6 Å². The molecule has 0 nitrogen and oxygen atoms in total. The van der Waals surface area contributed by atoms with Gasteiger partial charge in [0.1, 0.15) is 0 Å². The van der Waals surface area contributed by atoms with Crippen molar-refractivity contribution < 1.29 is 0 Å². The van der Waals surface area contributed by atoms with Crippen molar-refractivity contribution >= 4 is 11.6 Å². The molecule has 24 heavy (non-hydrogen) atoms. The molecule has 0 bridgehead atoms. The minimum atomic E-state index is 0.827. The van der Waals surface area contributed by atoms with Crippen molar-refractivity contribution in [2.75, 3.05) is 5.88 Å². The Hall–Kier alpha value is 0.290. The zero-order valence-electron chi connectivity index (χ0n) is 17.5. The van der Waals surface area contributed by atoms with Gasteiger partial charge in [0.25, 0.3) is 0 Å². The van der Waals surface area contributed by atoms with Crippen molar-refractivity contribution in [3.8, 4) is 0 Å². The molecule has 0 unspecified atom stereocenters. The highest BCUT2D eigenvalue weighted by atomic mass is 35.5. The second-order valence-corrected chi connectivity index (χ2v) is 7.72. The van der Waals surface area contributed by atoms with E-state index in [0.29, 0.717) is 0 Å². The van der Waals surface area contributed by atoms with Gasteiger partial charge in [-0.3, -0.25) is 0 Å². The summed E-state index contributed by atoms with van der Waals surface area (Å²) in [6.07, 6.45) is 27.1. The molecule has 0 aromatic heterocycles. The molecule has 0 fully saturated rings. The van der Waals surface area contributed by atoms with Crippen LogP contribution in [0.4, 0.5) is 0 Å². The van der Waals surface area contributed by atoms with Crippen LogP contribution in [0, 0.1) is 0 Å². The summed E-state index contributed by atoms with van der Waals surface area (Å²) < 4.78 is 0. The van der Waals surface area contributed by atoms with Gasteiger partial charge in [0.15, 0.2) is 0 Å². The topological polar surface area (TPSA) is 0 Å². The van der Waals surface area contributed by atoms with E-state index in [-0.39, 0.29) is 0 Å². The van der Waals surface area contributed by atoms with E-state index < -0.39 is 0 Å². The lowest BCUT2D eigenvalue weighted by atomic mass is 10.0. The maximum Gasteiger partial charge on any atom is 0.0223 e. The molecule has 0 heterocycles. The van der Waals surface area contributed by atoms with E-state index >= 15 is 0 Å². The highest BCUT2D eigenvalue weighted by Gasteiger charge is 1.93. The lowest BCUT2D eigenvalue weighted by molar-refractivity contribution is 0.531. The third-order valence-corrected chi connectivity index (χ3v) is 4.96. The average Bonchev–Trinajstić information content (AvgIpc) is 2.61. The van der Waals surface area contributed by atoms with Crippen LogP contribution in [-0.2, 0) is 0 Å². The van der Waals surface area contributed by atoms with E-state index in [9.17, 15) is 0 Å². The van der Waals surface area contributed by atoms with Crippen LogP contribution in [0.3, 0.4) is 0 Å². The first kappa shape index (κ1) is 26.5. The summed E-state index contributed by atoms with van der Waals surface area (Å²) in [6, 6.07) is 0. The molecular formula is C23H49Cl. The van der Waals surface area contributed by atoms with E-state index in [4.69, 9.17) is 11.6 Å². The Morgan fingerprint density at radius 3 is 0.708 bits per heavy atom. The quantitative estimate of drug-likeness (QED) is 0.168. The van der Waals surface area contributed by atoms with Gasteiger partial charge in [-0.05, 0) is 6.42 Å². The molecule has 0 N–H and O–H groups in total. The van der Waals surface area contributed by atoms with E-state index in [0.717, 1.165) is 5.88 Å². The maximum atomic E-state index is 5.38. The second kappa shape index (κ2) is 28.1. The minimum absolute atomic E-state index is 0.827. The van der Waals surface area contributed by atoms with Gasteiger partial charge >= 0.3 is 0 Å². The second-order valence-electron chi connectivity index (χ2n) is 7.35. The summed E-state index contributed by atoms with van der Waals surface area (Å²) in [6.45, 7) is 6.76. The van der Waals surface area contributed by atoms with Crippen molar-refractivity contribution in [3.05, 3.63) is 0 Å². The Balaban J connectivity index is 0. The smallest absolute Gasteiger partial charge is 0.0223 e. The first-order valence-corrected chi connectivity index (χ1v) is 11.9. The van der Waals surface area contributed by atoms with Crippen LogP contribution in [0.1, 0.15) is 143 Å². The van der Waals surface area contributed by atoms with E-state index in [2.05, 4.69) is 20.8 Å². The van der Waals surface area contributed by atoms with Gasteiger partial charge < -0.3 is 0 Å². The highest BCUT2D eigenvalue weighted by molar-refractivity contribution is 6.17. The van der Waals surface area contributed by atoms with Crippen molar-refractivity contribution in [2.24, 2.45) is 0 Å². The molecule has 0 atom stereocenters.